The molecule has 19 heavy (non-hydrogen) atoms. The first kappa shape index (κ1) is 13.7. The molecule has 0 saturated carbocycles. The third-order valence-electron chi connectivity index (χ3n) is 2.94. The molecule has 1 aliphatic heterocycles. The van der Waals surface area contributed by atoms with Crippen LogP contribution < -0.4 is 4.74 Å². The lowest BCUT2D eigenvalue weighted by Gasteiger charge is -2.21. The van der Waals surface area contributed by atoms with Gasteiger partial charge in [0.1, 0.15) is 12.4 Å². The molecule has 0 aromatic heterocycles. The van der Waals surface area contributed by atoms with Crippen molar-refractivity contribution in [1.29, 1.82) is 0 Å². The standard InChI is InChI=1S/C14H17N3OS/c1-3-9-17-13(15-16-14(17)19)10-18-12-7-5-11(4-2)6-8-12/h3,5-8,13H,1,4,9-10H2,2H3. The number of rotatable bonds is 6. The van der Waals surface area contributed by atoms with Crippen molar-refractivity contribution in [3.63, 3.8) is 0 Å². The monoisotopic (exact) mass is 275 g/mol. The van der Waals surface area contributed by atoms with Crippen molar-refractivity contribution < 1.29 is 4.74 Å². The van der Waals surface area contributed by atoms with Gasteiger partial charge in [-0.25, -0.2) is 0 Å². The number of nitrogens with zero attached hydrogens (tertiary/aromatic N) is 3. The molecule has 0 amide bonds. The molecular weight excluding hydrogens is 258 g/mol. The van der Waals surface area contributed by atoms with E-state index in [0.717, 1.165) is 12.2 Å². The van der Waals surface area contributed by atoms with Gasteiger partial charge in [0.25, 0.3) is 0 Å². The predicted molar refractivity (Wildman–Crippen MR) is 79.5 cm³/mol. The number of hydrogen-bond acceptors (Lipinski definition) is 3. The minimum Gasteiger partial charge on any atom is -0.489 e. The Morgan fingerprint density at radius 2 is 2.16 bits per heavy atom. The van der Waals surface area contributed by atoms with E-state index in [1.807, 2.05) is 17.0 Å². The summed E-state index contributed by atoms with van der Waals surface area (Å²) < 4.78 is 5.72. The van der Waals surface area contributed by atoms with Gasteiger partial charge in [0.2, 0.25) is 5.11 Å². The van der Waals surface area contributed by atoms with Gasteiger partial charge in [0, 0.05) is 6.54 Å². The van der Waals surface area contributed by atoms with Crippen LogP contribution in [0.4, 0.5) is 0 Å². The van der Waals surface area contributed by atoms with E-state index in [-0.39, 0.29) is 6.17 Å². The molecule has 0 radical (unpaired) electrons. The average molecular weight is 275 g/mol. The van der Waals surface area contributed by atoms with Crippen molar-refractivity contribution in [2.24, 2.45) is 10.2 Å². The Kier molecular flexibility index (Phi) is 4.63. The molecule has 2 rings (SSSR count). The summed E-state index contributed by atoms with van der Waals surface area (Å²) in [4.78, 5) is 1.89. The summed E-state index contributed by atoms with van der Waals surface area (Å²) in [5.41, 5.74) is 1.29. The van der Waals surface area contributed by atoms with Gasteiger partial charge in [0.05, 0.1) is 0 Å². The third kappa shape index (κ3) is 3.38. The first-order valence-corrected chi connectivity index (χ1v) is 6.69. The molecular formula is C14H17N3OS. The van der Waals surface area contributed by atoms with Gasteiger partial charge in [0.15, 0.2) is 6.17 Å². The van der Waals surface area contributed by atoms with E-state index in [1.54, 1.807) is 6.08 Å². The zero-order valence-corrected chi connectivity index (χ0v) is 11.8. The summed E-state index contributed by atoms with van der Waals surface area (Å²) in [7, 11) is 0. The second-order valence-electron chi connectivity index (χ2n) is 4.23. The zero-order valence-electron chi connectivity index (χ0n) is 11.0. The average Bonchev–Trinajstić information content (AvgIpc) is 2.79. The summed E-state index contributed by atoms with van der Waals surface area (Å²) in [6.45, 7) is 6.90. The Balaban J connectivity index is 1.92. The number of azo groups is 1. The molecule has 0 N–H and O–H groups in total. The molecule has 1 unspecified atom stereocenters. The van der Waals surface area contributed by atoms with E-state index >= 15 is 0 Å². The molecule has 1 aliphatic rings. The van der Waals surface area contributed by atoms with Crippen molar-refractivity contribution >= 4 is 17.3 Å². The van der Waals surface area contributed by atoms with E-state index < -0.39 is 0 Å². The molecule has 0 fully saturated rings. The maximum atomic E-state index is 5.72. The summed E-state index contributed by atoms with van der Waals surface area (Å²) in [5, 5.41) is 8.51. The van der Waals surface area contributed by atoms with Gasteiger partial charge in [-0.1, -0.05) is 25.1 Å². The van der Waals surface area contributed by atoms with Crippen LogP contribution in [0.1, 0.15) is 12.5 Å². The van der Waals surface area contributed by atoms with Gasteiger partial charge < -0.3 is 9.64 Å². The predicted octanol–water partition coefficient (Wildman–Crippen LogP) is 3.19. The Labute approximate surface area is 118 Å². The Hall–Kier alpha value is -1.75. The lowest BCUT2D eigenvalue weighted by atomic mass is 10.2. The summed E-state index contributed by atoms with van der Waals surface area (Å²) >= 11 is 5.11. The van der Waals surface area contributed by atoms with Gasteiger partial charge in [-0.3, -0.25) is 0 Å². The van der Waals surface area contributed by atoms with Crippen LogP contribution in [0, 0.1) is 0 Å². The van der Waals surface area contributed by atoms with Crippen LogP contribution in [-0.4, -0.2) is 29.3 Å². The minimum absolute atomic E-state index is 0.156. The first-order chi connectivity index (χ1) is 9.24. The topological polar surface area (TPSA) is 37.2 Å². The number of ether oxygens (including phenoxy) is 1. The van der Waals surface area contributed by atoms with Crippen LogP contribution in [-0.2, 0) is 6.42 Å². The highest BCUT2D eigenvalue weighted by molar-refractivity contribution is 7.80. The normalized spacial score (nSPS) is 17.8. The van der Waals surface area contributed by atoms with E-state index in [9.17, 15) is 0 Å². The number of hydrogen-bond donors (Lipinski definition) is 0. The van der Waals surface area contributed by atoms with E-state index in [4.69, 9.17) is 17.0 Å². The first-order valence-electron chi connectivity index (χ1n) is 6.28. The molecule has 1 heterocycles. The summed E-state index contributed by atoms with van der Waals surface area (Å²) in [6, 6.07) is 8.08. The summed E-state index contributed by atoms with van der Waals surface area (Å²) in [5.74, 6) is 0.837. The zero-order chi connectivity index (χ0) is 13.7. The van der Waals surface area contributed by atoms with Crippen LogP contribution >= 0.6 is 12.2 Å². The number of benzene rings is 1. The maximum Gasteiger partial charge on any atom is 0.218 e. The number of thiocarbonyl (C=S) groups is 1. The Morgan fingerprint density at radius 1 is 1.42 bits per heavy atom. The van der Waals surface area contributed by atoms with E-state index in [0.29, 0.717) is 18.3 Å². The fourth-order valence-corrected chi connectivity index (χ4v) is 2.06. The van der Waals surface area contributed by atoms with Crippen molar-refractivity contribution in [1.82, 2.24) is 4.90 Å². The molecule has 1 aromatic rings. The molecule has 1 atom stereocenters. The van der Waals surface area contributed by atoms with Crippen LogP contribution in [0.5, 0.6) is 5.75 Å². The second-order valence-corrected chi connectivity index (χ2v) is 4.59. The smallest absolute Gasteiger partial charge is 0.218 e. The van der Waals surface area contributed by atoms with Gasteiger partial charge in [-0.05, 0) is 36.3 Å². The van der Waals surface area contributed by atoms with Crippen LogP contribution in [0.2, 0.25) is 0 Å². The van der Waals surface area contributed by atoms with Crippen molar-refractivity contribution in [2.75, 3.05) is 13.2 Å². The molecule has 0 saturated heterocycles. The van der Waals surface area contributed by atoms with Gasteiger partial charge in [-0.15, -0.1) is 11.7 Å². The Bertz CT molecular complexity index is 484. The van der Waals surface area contributed by atoms with Gasteiger partial charge in [-0.2, -0.15) is 5.11 Å². The fraction of sp³-hybridized carbons (Fsp3) is 0.357. The van der Waals surface area contributed by atoms with E-state index in [2.05, 4.69) is 35.9 Å². The Morgan fingerprint density at radius 3 is 2.79 bits per heavy atom. The number of aryl methyl sites for hydroxylation is 1. The lowest BCUT2D eigenvalue weighted by molar-refractivity contribution is 0.220. The van der Waals surface area contributed by atoms with Crippen LogP contribution in [0.25, 0.3) is 0 Å². The molecule has 0 aliphatic carbocycles. The lowest BCUT2D eigenvalue weighted by Crippen LogP contribution is -2.36. The molecule has 0 spiro atoms. The largest absolute Gasteiger partial charge is 0.489 e. The van der Waals surface area contributed by atoms with Crippen LogP contribution in [0.15, 0.2) is 47.1 Å². The molecule has 5 heteroatoms. The molecule has 100 valence electrons. The quantitative estimate of drug-likeness (QED) is 0.591. The second kappa shape index (κ2) is 6.43. The van der Waals surface area contributed by atoms with Crippen LogP contribution in [0.3, 0.4) is 0 Å². The van der Waals surface area contributed by atoms with Crippen molar-refractivity contribution in [3.8, 4) is 5.75 Å². The highest BCUT2D eigenvalue weighted by Crippen LogP contribution is 2.17. The van der Waals surface area contributed by atoms with Crippen molar-refractivity contribution in [3.05, 3.63) is 42.5 Å². The SMILES string of the molecule is C=CCN1C(=S)N=NC1COc1ccc(CC)cc1. The van der Waals surface area contributed by atoms with E-state index in [1.165, 1.54) is 5.56 Å². The molecule has 1 aromatic carbocycles. The summed E-state index contributed by atoms with van der Waals surface area (Å²) in [6.07, 6.45) is 2.65. The minimum atomic E-state index is -0.156. The fourth-order valence-electron chi connectivity index (χ4n) is 1.82. The highest BCUT2D eigenvalue weighted by atomic mass is 32.1. The third-order valence-corrected chi connectivity index (χ3v) is 3.25. The van der Waals surface area contributed by atoms with Gasteiger partial charge >= 0.3 is 0 Å². The van der Waals surface area contributed by atoms with Crippen molar-refractivity contribution in [2.45, 2.75) is 19.5 Å². The maximum absolute atomic E-state index is 5.72. The molecule has 0 bridgehead atoms. The highest BCUT2D eigenvalue weighted by Gasteiger charge is 2.25. The molecule has 4 nitrogen and oxygen atoms in total.